The number of halogens is 3. The second kappa shape index (κ2) is 16.7. The summed E-state index contributed by atoms with van der Waals surface area (Å²) in [5.74, 6) is -0.398. The summed E-state index contributed by atoms with van der Waals surface area (Å²) >= 11 is 0. The molecule has 3 aromatic rings. The fourth-order valence-corrected chi connectivity index (χ4v) is 10.8. The molecule has 7 rings (SSSR count). The summed E-state index contributed by atoms with van der Waals surface area (Å²) < 4.78 is 63.6. The van der Waals surface area contributed by atoms with Crippen LogP contribution in [0.3, 0.4) is 0 Å². The van der Waals surface area contributed by atoms with Gasteiger partial charge in [-0.05, 0) is 91.8 Å². The van der Waals surface area contributed by atoms with E-state index < -0.39 is 27.7 Å². The van der Waals surface area contributed by atoms with E-state index in [0.717, 1.165) is 29.2 Å². The molecule has 1 aliphatic heterocycles. The molecule has 0 radical (unpaired) electrons. The zero-order valence-electron chi connectivity index (χ0n) is 31.7. The number of likely N-dealkylation sites (N-methyl/N-ethyl adjacent to an activating group) is 1. The highest BCUT2D eigenvalue weighted by molar-refractivity contribution is 7.89. The minimum absolute atomic E-state index is 0. The highest BCUT2D eigenvalue weighted by atomic mass is 35.5. The maximum atomic E-state index is 15.4. The summed E-state index contributed by atoms with van der Waals surface area (Å²) in [5.41, 5.74) is 3.19. The largest absolute Gasteiger partial charge is 0.496 e. The Hall–Kier alpha value is -3.09. The van der Waals surface area contributed by atoms with Gasteiger partial charge in [0.1, 0.15) is 11.8 Å². The summed E-state index contributed by atoms with van der Waals surface area (Å²) in [6.07, 6.45) is 3.05. The zero-order valence-corrected chi connectivity index (χ0v) is 33.4. The second-order valence-electron chi connectivity index (χ2n) is 16.1. The van der Waals surface area contributed by atoms with Crippen molar-refractivity contribution >= 4 is 28.3 Å². The van der Waals surface area contributed by atoms with Gasteiger partial charge in [0.25, 0.3) is 0 Å². The lowest BCUT2D eigenvalue weighted by Crippen LogP contribution is -2.61. The predicted molar refractivity (Wildman–Crippen MR) is 207 cm³/mol. The average Bonchev–Trinajstić information content (AvgIpc) is 3.40. The smallest absolute Gasteiger partial charge is 0.238 e. The Labute approximate surface area is 320 Å². The number of methoxy groups -OCH3 is 1. The van der Waals surface area contributed by atoms with Crippen LogP contribution >= 0.6 is 12.4 Å². The van der Waals surface area contributed by atoms with Crippen LogP contribution < -0.4 is 10.1 Å². The van der Waals surface area contributed by atoms with Crippen LogP contribution in [0.15, 0.2) is 66.7 Å². The summed E-state index contributed by atoms with van der Waals surface area (Å²) in [7, 11) is 1.78. The van der Waals surface area contributed by atoms with Crippen molar-refractivity contribution in [2.75, 3.05) is 33.5 Å². The standard InChI is InChI=1S/C41H54F2N4O4S.ClH/c1-27-34-21-31(41(34,2)3)22-36(27)44-40(48)37-17-18-52(49,50)47(37)24-30-14-10-13-29(19-30)23-46(26-33-38(51-6)16-15-35(42)39(33)43)32(25-45(4)5)20-28-11-8-7-9-12-28;/h7-16,19,27,31-32,34,36-37H,17-18,20-26H2,1-6H3,(H,44,48);1H/t27-,31+,32-,34-,36-,37?;/m0./s1. The first kappa shape index (κ1) is 41.1. The van der Waals surface area contributed by atoms with Crippen LogP contribution in [0, 0.1) is 34.8 Å². The summed E-state index contributed by atoms with van der Waals surface area (Å²) in [6.45, 7) is 8.05. The van der Waals surface area contributed by atoms with Crippen LogP contribution in [0.5, 0.6) is 5.75 Å². The first-order valence-corrected chi connectivity index (χ1v) is 20.1. The number of sulfonamides is 1. The molecule has 53 heavy (non-hydrogen) atoms. The SMILES string of the molecule is COc1ccc(F)c(F)c1CN(Cc1cccc(CN2C(C(=O)N[C@H]3C[C@H]4C[C@@H]([C@@H]3C)C4(C)C)CCS2(=O)=O)c1)[C@@H](Cc1ccccc1)CN(C)C.Cl. The van der Waals surface area contributed by atoms with Gasteiger partial charge in [-0.1, -0.05) is 75.4 Å². The predicted octanol–water partition coefficient (Wildman–Crippen LogP) is 6.66. The molecule has 1 N–H and O–H groups in total. The molecule has 12 heteroatoms. The molecule has 2 bridgehead atoms. The van der Waals surface area contributed by atoms with E-state index in [4.69, 9.17) is 4.74 Å². The third kappa shape index (κ3) is 8.91. The van der Waals surface area contributed by atoms with E-state index in [9.17, 15) is 17.6 Å². The van der Waals surface area contributed by atoms with Crippen molar-refractivity contribution in [1.82, 2.24) is 19.4 Å². The number of benzene rings is 3. The molecule has 4 aliphatic rings. The van der Waals surface area contributed by atoms with Crippen LogP contribution in [-0.2, 0) is 40.9 Å². The van der Waals surface area contributed by atoms with Crippen molar-refractivity contribution in [1.29, 1.82) is 0 Å². The van der Waals surface area contributed by atoms with Crippen LogP contribution in [0.1, 0.15) is 62.3 Å². The number of nitrogens with zero attached hydrogens (tertiary/aromatic N) is 3. The van der Waals surface area contributed by atoms with Gasteiger partial charge in [0.15, 0.2) is 11.6 Å². The van der Waals surface area contributed by atoms with Gasteiger partial charge in [0, 0.05) is 43.8 Å². The van der Waals surface area contributed by atoms with E-state index in [1.54, 1.807) is 0 Å². The average molecular weight is 773 g/mol. The van der Waals surface area contributed by atoms with E-state index >= 15 is 4.39 Å². The fourth-order valence-electron chi connectivity index (χ4n) is 9.09. The number of fused-ring (bicyclic) bond motifs is 2. The number of ether oxygens (including phenoxy) is 1. The highest BCUT2D eigenvalue weighted by Gasteiger charge is 2.56. The molecule has 3 aliphatic carbocycles. The lowest BCUT2D eigenvalue weighted by molar-refractivity contribution is -0.136. The number of hydrogen-bond acceptors (Lipinski definition) is 6. The minimum atomic E-state index is -3.64. The van der Waals surface area contributed by atoms with Crippen molar-refractivity contribution in [3.8, 4) is 5.75 Å². The van der Waals surface area contributed by atoms with E-state index in [2.05, 4.69) is 48.0 Å². The number of carbonyl (C=O) groups is 1. The Morgan fingerprint density at radius 3 is 2.36 bits per heavy atom. The molecule has 290 valence electrons. The van der Waals surface area contributed by atoms with Crippen LogP contribution in [-0.4, -0.2) is 80.1 Å². The monoisotopic (exact) mass is 772 g/mol. The number of carbonyl (C=O) groups excluding carboxylic acids is 1. The number of hydrogen-bond donors (Lipinski definition) is 1. The maximum Gasteiger partial charge on any atom is 0.238 e. The molecule has 3 saturated carbocycles. The van der Waals surface area contributed by atoms with E-state index in [1.165, 1.54) is 23.9 Å². The van der Waals surface area contributed by atoms with Gasteiger partial charge in [-0.15, -0.1) is 12.4 Å². The minimum Gasteiger partial charge on any atom is -0.496 e. The quantitative estimate of drug-likeness (QED) is 0.198. The Morgan fingerprint density at radius 2 is 1.70 bits per heavy atom. The van der Waals surface area contributed by atoms with Crippen molar-refractivity contribution in [3.63, 3.8) is 0 Å². The van der Waals surface area contributed by atoms with Crippen LogP contribution in [0.25, 0.3) is 0 Å². The molecule has 0 spiro atoms. The van der Waals surface area contributed by atoms with Gasteiger partial charge < -0.3 is 15.0 Å². The Bertz CT molecular complexity index is 1850. The van der Waals surface area contributed by atoms with Crippen molar-refractivity contribution in [3.05, 3.63) is 101 Å². The number of rotatable bonds is 14. The Morgan fingerprint density at radius 1 is 1.00 bits per heavy atom. The molecule has 1 unspecified atom stereocenters. The van der Waals surface area contributed by atoms with Gasteiger partial charge in [-0.3, -0.25) is 9.69 Å². The molecule has 1 heterocycles. The lowest BCUT2D eigenvalue weighted by atomic mass is 9.45. The number of nitrogens with one attached hydrogen (secondary N) is 1. The molecule has 3 aromatic carbocycles. The molecule has 1 amide bonds. The molecule has 8 nitrogen and oxygen atoms in total. The molecule has 6 atom stereocenters. The van der Waals surface area contributed by atoms with Gasteiger partial charge in [-0.2, -0.15) is 4.31 Å². The first-order chi connectivity index (χ1) is 24.7. The van der Waals surface area contributed by atoms with Crippen molar-refractivity contribution in [2.45, 2.75) is 84.2 Å². The number of amides is 1. The van der Waals surface area contributed by atoms with Crippen molar-refractivity contribution < 1.29 is 26.7 Å². The van der Waals surface area contributed by atoms with E-state index in [1.807, 2.05) is 56.6 Å². The third-order valence-electron chi connectivity index (χ3n) is 12.2. The molecule has 1 saturated heterocycles. The first-order valence-electron chi connectivity index (χ1n) is 18.5. The Kier molecular flexibility index (Phi) is 13.0. The summed E-state index contributed by atoms with van der Waals surface area (Å²) in [5, 5.41) is 3.27. The molecular weight excluding hydrogens is 718 g/mol. The van der Waals surface area contributed by atoms with E-state index in [0.29, 0.717) is 37.3 Å². The topological polar surface area (TPSA) is 82.2 Å². The third-order valence-corrected chi connectivity index (χ3v) is 14.0. The van der Waals surface area contributed by atoms with Gasteiger partial charge in [0.2, 0.25) is 15.9 Å². The van der Waals surface area contributed by atoms with Crippen LogP contribution in [0.4, 0.5) is 8.78 Å². The normalized spacial score (nSPS) is 25.1. The Balaban J connectivity index is 0.00000541. The lowest BCUT2D eigenvalue weighted by Gasteiger charge is -2.62. The molecule has 0 aromatic heterocycles. The highest BCUT2D eigenvalue weighted by Crippen LogP contribution is 2.61. The zero-order chi connectivity index (χ0) is 37.4. The van der Waals surface area contributed by atoms with Gasteiger partial charge >= 0.3 is 0 Å². The van der Waals surface area contributed by atoms with E-state index in [-0.39, 0.29) is 72.4 Å². The molecule has 4 fully saturated rings. The van der Waals surface area contributed by atoms with Crippen molar-refractivity contribution in [2.24, 2.45) is 23.2 Å². The fraction of sp³-hybridized carbons (Fsp3) is 0.537. The summed E-state index contributed by atoms with van der Waals surface area (Å²) in [4.78, 5) is 18.0. The molecular formula is C41H55ClF2N4O4S. The second-order valence-corrected chi connectivity index (χ2v) is 18.2. The van der Waals surface area contributed by atoms with Crippen LogP contribution in [0.2, 0.25) is 0 Å². The van der Waals surface area contributed by atoms with Gasteiger partial charge in [0.05, 0.1) is 12.9 Å². The summed E-state index contributed by atoms with van der Waals surface area (Å²) in [6, 6.07) is 19.5. The maximum absolute atomic E-state index is 15.4. The van der Waals surface area contributed by atoms with Gasteiger partial charge in [-0.25, -0.2) is 17.2 Å².